The Morgan fingerprint density at radius 3 is 1.50 bits per heavy atom. The molecule has 0 atom stereocenters. The van der Waals surface area contributed by atoms with E-state index in [0.29, 0.717) is 27.9 Å². The van der Waals surface area contributed by atoms with Crippen molar-refractivity contribution in [2.75, 3.05) is 4.90 Å². The van der Waals surface area contributed by atoms with Crippen molar-refractivity contribution in [2.24, 2.45) is 0 Å². The fourth-order valence-corrected chi connectivity index (χ4v) is 5.66. The van der Waals surface area contributed by atoms with Crippen LogP contribution < -0.4 is 15.7 Å². The number of aliphatic carboxylic acids is 2. The molecule has 0 bridgehead atoms. The fourth-order valence-electron chi connectivity index (χ4n) is 5.66. The van der Waals surface area contributed by atoms with Crippen LogP contribution in [0.15, 0.2) is 97.6 Å². The van der Waals surface area contributed by atoms with E-state index in [-0.39, 0.29) is 59.0 Å². The first-order valence-corrected chi connectivity index (χ1v) is 17.4. The molecule has 4 aromatic heterocycles. The number of carboxylic acid groups (broad SMARTS) is 2. The smallest absolute Gasteiger partial charge is 0.481 e. The van der Waals surface area contributed by atoms with Gasteiger partial charge in [0.25, 0.3) is 35.6 Å². The SMILES string of the molecule is CC(=O)O.CC(=O)O.CC1(C)OB(c2cnc3[nH]ccc3c2)OC1(C)C.O=C1NC(=O)c2ccccc21.O=C1c2ccccc2C(=O)N1c1cnc2[nH]ccc2c1.[Cu]. The molecule has 9 rings (SSSR count). The van der Waals surface area contributed by atoms with Gasteiger partial charge >= 0.3 is 7.12 Å². The number of anilines is 1. The monoisotopic (exact) mass is 837 g/mol. The molecule has 0 spiro atoms. The average molecular weight is 838 g/mol. The Morgan fingerprint density at radius 1 is 0.655 bits per heavy atom. The molecular weight excluding hydrogens is 799 g/mol. The van der Waals surface area contributed by atoms with Gasteiger partial charge in [0.1, 0.15) is 11.3 Å². The molecule has 1 radical (unpaired) electrons. The van der Waals surface area contributed by atoms with Crippen LogP contribution in [0.1, 0.15) is 83.0 Å². The van der Waals surface area contributed by atoms with Gasteiger partial charge in [0, 0.05) is 65.7 Å². The Kier molecular flexibility index (Phi) is 13.9. The maximum Gasteiger partial charge on any atom is 0.496 e. The number of rotatable bonds is 2. The van der Waals surface area contributed by atoms with Crippen molar-refractivity contribution in [3.05, 3.63) is 120 Å². The molecule has 3 aliphatic rings. The number of carbonyl (C=O) groups excluding carboxylic acids is 4. The van der Waals surface area contributed by atoms with Crippen molar-refractivity contribution >= 4 is 75.9 Å². The second-order valence-corrected chi connectivity index (χ2v) is 13.7. The van der Waals surface area contributed by atoms with Crippen molar-refractivity contribution in [1.29, 1.82) is 0 Å². The van der Waals surface area contributed by atoms with Crippen LogP contribution in [0.4, 0.5) is 5.69 Å². The van der Waals surface area contributed by atoms with E-state index in [1.165, 1.54) is 11.1 Å². The summed E-state index contributed by atoms with van der Waals surface area (Å²) in [6, 6.07) is 21.2. The number of H-pyrrole nitrogens is 2. The Bertz CT molecular complexity index is 2410. The van der Waals surface area contributed by atoms with Crippen molar-refractivity contribution < 1.29 is 65.4 Å². The quantitative estimate of drug-likeness (QED) is 0.115. The molecular formula is C40H39BCuN6O10. The third kappa shape index (κ3) is 9.91. The number of carboxylic acids is 2. The standard InChI is InChI=1S/C15H9N3O2.C13H17BN2O2.C8H5NO2.2C2H4O2.Cu/c19-14-11-3-1-2-4-12(11)15(20)18(14)10-7-9-5-6-16-13(9)17-8-10;1-12(2)13(3,4)18-14(17-12)10-7-9-5-6-15-11(9)16-8-10;10-7-5-3-1-2-4-6(5)8(11)9-7;2*1-2(3)4;/h1-8H,(H,16,17);5-8H,1-4H3,(H,15,16);1-4H,(H,9,10,11);2*1H3,(H,3,4);. The van der Waals surface area contributed by atoms with E-state index in [4.69, 9.17) is 29.1 Å². The van der Waals surface area contributed by atoms with Crippen molar-refractivity contribution in [2.45, 2.75) is 52.7 Å². The summed E-state index contributed by atoms with van der Waals surface area (Å²) in [5.74, 6) is -2.87. The summed E-state index contributed by atoms with van der Waals surface area (Å²) in [5.41, 5.74) is 4.24. The first kappa shape index (κ1) is 44.3. The van der Waals surface area contributed by atoms with E-state index in [0.717, 1.165) is 41.4 Å². The second kappa shape index (κ2) is 18.2. The van der Waals surface area contributed by atoms with Gasteiger partial charge in [0.2, 0.25) is 0 Å². The number of aromatic amines is 2. The zero-order valence-corrected chi connectivity index (χ0v) is 33.1. The molecule has 4 amide bonds. The van der Waals surface area contributed by atoms with Crippen LogP contribution >= 0.6 is 0 Å². The summed E-state index contributed by atoms with van der Waals surface area (Å²) in [5, 5.41) is 19.0. The molecule has 2 aromatic carbocycles. The van der Waals surface area contributed by atoms with E-state index in [2.05, 4.69) is 59.0 Å². The van der Waals surface area contributed by atoms with Gasteiger partial charge < -0.3 is 29.5 Å². The number of carbonyl (C=O) groups is 6. The zero-order valence-electron chi connectivity index (χ0n) is 32.1. The number of aromatic nitrogens is 4. The van der Waals surface area contributed by atoms with E-state index >= 15 is 0 Å². The number of nitrogens with zero attached hydrogens (tertiary/aromatic N) is 3. The normalized spacial score (nSPS) is 15.2. The summed E-state index contributed by atoms with van der Waals surface area (Å²) in [6.07, 6.45) is 6.98. The van der Waals surface area contributed by atoms with Gasteiger partial charge in [-0.15, -0.1) is 0 Å². The van der Waals surface area contributed by atoms with Gasteiger partial charge in [-0.2, -0.15) is 0 Å². The van der Waals surface area contributed by atoms with Gasteiger partial charge in [-0.05, 0) is 76.2 Å². The minimum atomic E-state index is -0.833. The predicted molar refractivity (Wildman–Crippen MR) is 210 cm³/mol. The molecule has 6 aromatic rings. The number of pyridine rings is 2. The maximum atomic E-state index is 12.4. The van der Waals surface area contributed by atoms with Gasteiger partial charge in [0.15, 0.2) is 0 Å². The summed E-state index contributed by atoms with van der Waals surface area (Å²) in [7, 11) is -0.346. The van der Waals surface area contributed by atoms with E-state index in [1.807, 2.05) is 18.3 Å². The molecule has 0 saturated carbocycles. The number of fused-ring (bicyclic) bond motifs is 4. The third-order valence-electron chi connectivity index (χ3n) is 9.03. The van der Waals surface area contributed by atoms with Crippen LogP contribution in [0.5, 0.6) is 0 Å². The van der Waals surface area contributed by atoms with Crippen LogP contribution in [0.25, 0.3) is 22.1 Å². The van der Waals surface area contributed by atoms with E-state index in [1.54, 1.807) is 67.0 Å². The number of nitrogens with one attached hydrogen (secondary N) is 3. The molecule has 303 valence electrons. The first-order valence-electron chi connectivity index (χ1n) is 17.4. The zero-order chi connectivity index (χ0) is 41.7. The Labute approximate surface area is 343 Å². The van der Waals surface area contributed by atoms with Gasteiger partial charge in [0.05, 0.1) is 45.3 Å². The molecule has 5 N–H and O–H groups in total. The molecule has 7 heterocycles. The van der Waals surface area contributed by atoms with Gasteiger partial charge in [-0.3, -0.25) is 34.1 Å². The number of benzene rings is 2. The minimum absolute atomic E-state index is 0. The van der Waals surface area contributed by atoms with Crippen LogP contribution in [0.3, 0.4) is 0 Å². The number of hydrogen-bond donors (Lipinski definition) is 5. The third-order valence-corrected chi connectivity index (χ3v) is 9.03. The minimum Gasteiger partial charge on any atom is -0.481 e. The number of hydrogen-bond acceptors (Lipinski definition) is 10. The van der Waals surface area contributed by atoms with Crippen molar-refractivity contribution in [3.63, 3.8) is 0 Å². The molecule has 18 heteroatoms. The molecule has 58 heavy (non-hydrogen) atoms. The fraction of sp³-hybridized carbons (Fsp3) is 0.200. The molecule has 0 aliphatic carbocycles. The Morgan fingerprint density at radius 2 is 1.05 bits per heavy atom. The topological polar surface area (TPSA) is 234 Å². The second-order valence-electron chi connectivity index (χ2n) is 13.7. The molecule has 0 unspecified atom stereocenters. The Balaban J connectivity index is 0.000000180. The first-order chi connectivity index (χ1) is 26.9. The Hall–Kier alpha value is -6.46. The van der Waals surface area contributed by atoms with E-state index < -0.39 is 11.9 Å². The summed E-state index contributed by atoms with van der Waals surface area (Å²) >= 11 is 0. The summed E-state index contributed by atoms with van der Waals surface area (Å²) < 4.78 is 12.0. The van der Waals surface area contributed by atoms with E-state index in [9.17, 15) is 19.2 Å². The average Bonchev–Trinajstić information content (AvgIpc) is 3.96. The van der Waals surface area contributed by atoms with Crippen LogP contribution in [0.2, 0.25) is 0 Å². The van der Waals surface area contributed by atoms with Crippen LogP contribution in [-0.2, 0) is 36.0 Å². The largest absolute Gasteiger partial charge is 0.496 e. The summed E-state index contributed by atoms with van der Waals surface area (Å²) in [6.45, 7) is 10.4. The summed E-state index contributed by atoms with van der Waals surface area (Å²) in [4.78, 5) is 80.4. The number of amides is 4. The van der Waals surface area contributed by atoms with Gasteiger partial charge in [-0.1, -0.05) is 24.3 Å². The van der Waals surface area contributed by atoms with Crippen LogP contribution in [-0.4, -0.2) is 84.0 Å². The van der Waals surface area contributed by atoms with Crippen LogP contribution in [0, 0.1) is 0 Å². The molecule has 3 aliphatic heterocycles. The van der Waals surface area contributed by atoms with Crippen molar-refractivity contribution in [3.8, 4) is 0 Å². The predicted octanol–water partition coefficient (Wildman–Crippen LogP) is 4.98. The maximum absolute atomic E-state index is 12.4. The molecule has 1 saturated heterocycles. The van der Waals surface area contributed by atoms with Gasteiger partial charge in [-0.25, -0.2) is 14.9 Å². The number of imide groups is 2. The molecule has 16 nitrogen and oxygen atoms in total. The van der Waals surface area contributed by atoms with Crippen molar-refractivity contribution in [1.82, 2.24) is 25.3 Å². The molecule has 1 fully saturated rings.